The third-order valence-electron chi connectivity index (χ3n) is 3.52. The van der Waals surface area contributed by atoms with E-state index in [2.05, 4.69) is 4.99 Å². The van der Waals surface area contributed by atoms with Crippen LogP contribution in [0.15, 0.2) is 23.2 Å². The first-order valence-electron chi connectivity index (χ1n) is 7.17. The zero-order chi connectivity index (χ0) is 15.9. The second-order valence-corrected chi connectivity index (χ2v) is 4.96. The number of nitrogens with two attached hydrogens (primary N) is 1. The summed E-state index contributed by atoms with van der Waals surface area (Å²) in [4.78, 5) is 6.22. The first kappa shape index (κ1) is 19.8. The molecule has 0 aromatic heterocycles. The predicted octanol–water partition coefficient (Wildman–Crippen LogP) is 1.00. The summed E-state index contributed by atoms with van der Waals surface area (Å²) in [6.07, 6.45) is -0.774. The third-order valence-corrected chi connectivity index (χ3v) is 3.52. The minimum atomic E-state index is -0.774. The molecule has 7 nitrogen and oxygen atoms in total. The molecule has 8 heteroatoms. The fourth-order valence-corrected chi connectivity index (χ4v) is 2.20. The van der Waals surface area contributed by atoms with Crippen molar-refractivity contribution in [1.29, 1.82) is 0 Å². The number of halogens is 1. The Kier molecular flexibility index (Phi) is 8.42. The van der Waals surface area contributed by atoms with Crippen LogP contribution in [0.3, 0.4) is 0 Å². The molecule has 1 fully saturated rings. The molecule has 1 atom stereocenters. The lowest BCUT2D eigenvalue weighted by Crippen LogP contribution is -2.45. The highest BCUT2D eigenvalue weighted by atomic mass is 127. The maximum Gasteiger partial charge on any atom is 0.191 e. The van der Waals surface area contributed by atoms with Crippen molar-refractivity contribution in [3.63, 3.8) is 0 Å². The number of aliphatic imine (C=N–C) groups is 1. The van der Waals surface area contributed by atoms with Crippen LogP contribution in [0.4, 0.5) is 0 Å². The Morgan fingerprint density at radius 2 is 1.83 bits per heavy atom. The van der Waals surface area contributed by atoms with E-state index in [0.29, 0.717) is 36.2 Å². The summed E-state index contributed by atoms with van der Waals surface area (Å²) < 4.78 is 15.7. The Morgan fingerprint density at radius 3 is 2.35 bits per heavy atom. The average molecular weight is 437 g/mol. The van der Waals surface area contributed by atoms with Gasteiger partial charge in [0, 0.05) is 19.2 Å². The van der Waals surface area contributed by atoms with Gasteiger partial charge in [-0.3, -0.25) is 4.99 Å². The first-order chi connectivity index (χ1) is 10.6. The van der Waals surface area contributed by atoms with Crippen molar-refractivity contribution in [2.45, 2.75) is 6.10 Å². The van der Waals surface area contributed by atoms with Gasteiger partial charge >= 0.3 is 0 Å². The molecule has 23 heavy (non-hydrogen) atoms. The maximum atomic E-state index is 10.3. The summed E-state index contributed by atoms with van der Waals surface area (Å²) in [5.41, 5.74) is 6.62. The molecular weight excluding hydrogens is 413 g/mol. The van der Waals surface area contributed by atoms with Crippen molar-refractivity contribution in [3.05, 3.63) is 23.8 Å². The molecule has 0 bridgehead atoms. The molecule has 2 rings (SSSR count). The molecule has 1 aliphatic heterocycles. The van der Waals surface area contributed by atoms with E-state index < -0.39 is 6.10 Å². The summed E-state index contributed by atoms with van der Waals surface area (Å²) in [5, 5.41) is 10.3. The number of aliphatic hydroxyl groups excluding tert-OH is 1. The van der Waals surface area contributed by atoms with Crippen LogP contribution >= 0.6 is 24.0 Å². The van der Waals surface area contributed by atoms with Gasteiger partial charge in [0.05, 0.1) is 40.1 Å². The Morgan fingerprint density at radius 1 is 1.26 bits per heavy atom. The summed E-state index contributed by atoms with van der Waals surface area (Å²) in [6, 6.07) is 5.27. The van der Waals surface area contributed by atoms with E-state index in [-0.39, 0.29) is 30.5 Å². The van der Waals surface area contributed by atoms with Crippen molar-refractivity contribution in [2.75, 3.05) is 47.1 Å². The highest BCUT2D eigenvalue weighted by Crippen LogP contribution is 2.26. The molecular formula is C15H24IN3O4. The fourth-order valence-electron chi connectivity index (χ4n) is 2.20. The van der Waals surface area contributed by atoms with Crippen LogP contribution in [-0.4, -0.2) is 63.0 Å². The lowest BCUT2D eigenvalue weighted by Gasteiger charge is -2.27. The fraction of sp³-hybridized carbons (Fsp3) is 0.533. The van der Waals surface area contributed by atoms with Crippen LogP contribution in [0.5, 0.6) is 11.5 Å². The highest BCUT2D eigenvalue weighted by Gasteiger charge is 2.14. The number of guanidine groups is 1. The number of rotatable bonds is 5. The van der Waals surface area contributed by atoms with E-state index in [1.54, 1.807) is 32.4 Å². The van der Waals surface area contributed by atoms with E-state index in [4.69, 9.17) is 19.9 Å². The number of morpholine rings is 1. The molecule has 1 aromatic carbocycles. The third kappa shape index (κ3) is 5.70. The largest absolute Gasteiger partial charge is 0.497 e. The van der Waals surface area contributed by atoms with Crippen molar-refractivity contribution < 1.29 is 19.3 Å². The topological polar surface area (TPSA) is 89.5 Å². The van der Waals surface area contributed by atoms with Crippen LogP contribution in [-0.2, 0) is 4.74 Å². The molecule has 0 radical (unpaired) electrons. The number of hydrogen-bond donors (Lipinski definition) is 2. The number of methoxy groups -OCH3 is 2. The van der Waals surface area contributed by atoms with Crippen LogP contribution in [0.1, 0.15) is 11.7 Å². The van der Waals surface area contributed by atoms with Gasteiger partial charge < -0.3 is 30.0 Å². The summed E-state index contributed by atoms with van der Waals surface area (Å²) in [7, 11) is 3.14. The highest BCUT2D eigenvalue weighted by molar-refractivity contribution is 14.0. The van der Waals surface area contributed by atoms with Gasteiger partial charge in [0.15, 0.2) is 5.96 Å². The molecule has 1 saturated heterocycles. The van der Waals surface area contributed by atoms with E-state index >= 15 is 0 Å². The number of benzene rings is 1. The molecule has 3 N–H and O–H groups in total. The minimum Gasteiger partial charge on any atom is -0.497 e. The van der Waals surface area contributed by atoms with Gasteiger partial charge in [-0.25, -0.2) is 0 Å². The van der Waals surface area contributed by atoms with E-state index in [1.165, 1.54) is 0 Å². The first-order valence-corrected chi connectivity index (χ1v) is 7.17. The zero-order valence-electron chi connectivity index (χ0n) is 13.4. The second kappa shape index (κ2) is 9.78. The number of aliphatic hydroxyl groups is 1. The van der Waals surface area contributed by atoms with Crippen LogP contribution in [0, 0.1) is 0 Å². The molecule has 0 saturated carbocycles. The van der Waals surface area contributed by atoms with Gasteiger partial charge in [-0.15, -0.1) is 24.0 Å². The van der Waals surface area contributed by atoms with E-state index in [1.807, 2.05) is 4.90 Å². The van der Waals surface area contributed by atoms with Crippen molar-refractivity contribution >= 4 is 29.9 Å². The molecule has 0 aliphatic carbocycles. The van der Waals surface area contributed by atoms with Gasteiger partial charge in [-0.1, -0.05) is 0 Å². The summed E-state index contributed by atoms with van der Waals surface area (Å²) in [5.74, 6) is 1.68. The van der Waals surface area contributed by atoms with Crippen molar-refractivity contribution in [1.82, 2.24) is 4.90 Å². The molecule has 1 heterocycles. The molecule has 1 aromatic rings. The van der Waals surface area contributed by atoms with E-state index in [9.17, 15) is 5.11 Å². The Hall–Kier alpha value is -1.26. The summed E-state index contributed by atoms with van der Waals surface area (Å²) >= 11 is 0. The van der Waals surface area contributed by atoms with Gasteiger partial charge in [0.2, 0.25) is 0 Å². The molecule has 1 unspecified atom stereocenters. The minimum absolute atomic E-state index is 0. The molecule has 130 valence electrons. The Bertz CT molecular complexity index is 499. The van der Waals surface area contributed by atoms with Crippen molar-refractivity contribution in [3.8, 4) is 11.5 Å². The Labute approximate surface area is 153 Å². The maximum absolute atomic E-state index is 10.3. The number of ether oxygens (including phenoxy) is 3. The predicted molar refractivity (Wildman–Crippen MR) is 98.8 cm³/mol. The lowest BCUT2D eigenvalue weighted by molar-refractivity contribution is 0.0672. The lowest BCUT2D eigenvalue weighted by atomic mass is 10.1. The normalized spacial score (nSPS) is 16.5. The van der Waals surface area contributed by atoms with Gasteiger partial charge in [0.25, 0.3) is 0 Å². The van der Waals surface area contributed by atoms with E-state index in [0.717, 1.165) is 13.1 Å². The van der Waals surface area contributed by atoms with Crippen LogP contribution < -0.4 is 15.2 Å². The summed E-state index contributed by atoms with van der Waals surface area (Å²) in [6.45, 7) is 2.91. The SMILES string of the molecule is COc1cc(OC)cc(C(O)CN=C(N)N2CCOCC2)c1.I. The van der Waals surface area contributed by atoms with Gasteiger partial charge in [-0.05, 0) is 17.7 Å². The molecule has 1 aliphatic rings. The zero-order valence-corrected chi connectivity index (χ0v) is 15.7. The molecule has 0 spiro atoms. The number of hydrogen-bond acceptors (Lipinski definition) is 5. The standard InChI is InChI=1S/C15H23N3O4.HI/c1-20-12-7-11(8-13(9-12)21-2)14(19)10-17-15(16)18-3-5-22-6-4-18;/h7-9,14,19H,3-6,10H2,1-2H3,(H2,16,17);1H. The van der Waals surface area contributed by atoms with Gasteiger partial charge in [-0.2, -0.15) is 0 Å². The smallest absolute Gasteiger partial charge is 0.191 e. The monoisotopic (exact) mass is 437 g/mol. The Balaban J connectivity index is 0.00000264. The number of nitrogens with zero attached hydrogens (tertiary/aromatic N) is 2. The van der Waals surface area contributed by atoms with Gasteiger partial charge in [0.1, 0.15) is 11.5 Å². The second-order valence-electron chi connectivity index (χ2n) is 4.96. The van der Waals surface area contributed by atoms with Crippen molar-refractivity contribution in [2.24, 2.45) is 10.7 Å². The van der Waals surface area contributed by atoms with Crippen LogP contribution in [0.2, 0.25) is 0 Å². The molecule has 0 amide bonds. The average Bonchev–Trinajstić information content (AvgIpc) is 2.59. The van der Waals surface area contributed by atoms with Crippen LogP contribution in [0.25, 0.3) is 0 Å². The quantitative estimate of drug-likeness (QED) is 0.406.